The van der Waals surface area contributed by atoms with Crippen molar-refractivity contribution in [3.8, 4) is 0 Å². The molecule has 21 heavy (non-hydrogen) atoms. The fourth-order valence-electron chi connectivity index (χ4n) is 2.25. The molecule has 2 rings (SSSR count). The normalized spacial score (nSPS) is 12.7. The Bertz CT molecular complexity index is 709. The van der Waals surface area contributed by atoms with Crippen LogP contribution in [0, 0.1) is 6.92 Å². The molecule has 0 saturated heterocycles. The average Bonchev–Trinajstić information content (AvgIpc) is 2.40. The monoisotopic (exact) mass is 304 g/mol. The molecule has 0 fully saturated rings. The third kappa shape index (κ3) is 4.49. The van der Waals surface area contributed by atoms with E-state index in [1.54, 1.807) is 12.1 Å². The van der Waals surface area contributed by atoms with Crippen LogP contribution in [0.15, 0.2) is 48.5 Å². The van der Waals surface area contributed by atoms with E-state index in [4.69, 9.17) is 0 Å². The van der Waals surface area contributed by atoms with E-state index in [0.717, 1.165) is 11.9 Å². The fourth-order valence-corrected chi connectivity index (χ4v) is 2.81. The lowest BCUT2D eigenvalue weighted by molar-refractivity contribution is 0.607. The van der Waals surface area contributed by atoms with Gasteiger partial charge in [0.1, 0.15) is 0 Å². The quantitative estimate of drug-likeness (QED) is 0.888. The summed E-state index contributed by atoms with van der Waals surface area (Å²) in [5, 5.41) is 3.41. The van der Waals surface area contributed by atoms with E-state index < -0.39 is 10.0 Å². The lowest BCUT2D eigenvalue weighted by Crippen LogP contribution is -2.10. The minimum Gasteiger partial charge on any atom is -0.379 e. The Hall–Kier alpha value is -2.01. The summed E-state index contributed by atoms with van der Waals surface area (Å²) in [4.78, 5) is 0. The van der Waals surface area contributed by atoms with Crippen LogP contribution in [-0.4, -0.2) is 14.7 Å². The molecule has 0 radical (unpaired) electrons. The summed E-state index contributed by atoms with van der Waals surface area (Å²) >= 11 is 0. The zero-order valence-electron chi connectivity index (χ0n) is 12.4. The van der Waals surface area contributed by atoms with Crippen LogP contribution < -0.4 is 10.0 Å². The number of hydrogen-bond donors (Lipinski definition) is 2. The van der Waals surface area contributed by atoms with Crippen LogP contribution in [0.4, 0.5) is 11.4 Å². The summed E-state index contributed by atoms with van der Waals surface area (Å²) in [5.74, 6) is 0. The standard InChI is InChI=1S/C16H20N2O2S/c1-12-6-4-5-7-16(12)13(2)17-14-8-10-15(11-9-14)18-21(3,19)20/h4-11,13,17-18H,1-3H3. The number of rotatable bonds is 5. The van der Waals surface area contributed by atoms with Crippen molar-refractivity contribution in [2.45, 2.75) is 19.9 Å². The van der Waals surface area contributed by atoms with Crippen molar-refractivity contribution in [1.82, 2.24) is 0 Å². The smallest absolute Gasteiger partial charge is 0.229 e. The van der Waals surface area contributed by atoms with Gasteiger partial charge in [0.2, 0.25) is 10.0 Å². The molecule has 0 heterocycles. The van der Waals surface area contributed by atoms with E-state index in [9.17, 15) is 8.42 Å². The van der Waals surface area contributed by atoms with Crippen molar-refractivity contribution < 1.29 is 8.42 Å². The second-order valence-electron chi connectivity index (χ2n) is 5.17. The van der Waals surface area contributed by atoms with Crippen LogP contribution in [0.2, 0.25) is 0 Å². The highest BCUT2D eigenvalue weighted by molar-refractivity contribution is 7.92. The molecule has 2 N–H and O–H groups in total. The van der Waals surface area contributed by atoms with Gasteiger partial charge in [0.25, 0.3) is 0 Å². The van der Waals surface area contributed by atoms with Crippen LogP contribution in [0.1, 0.15) is 24.1 Å². The third-order valence-electron chi connectivity index (χ3n) is 3.23. The number of benzene rings is 2. The van der Waals surface area contributed by atoms with Gasteiger partial charge < -0.3 is 5.32 Å². The maximum absolute atomic E-state index is 11.2. The first kappa shape index (κ1) is 15.4. The summed E-state index contributed by atoms with van der Waals surface area (Å²) in [6.45, 7) is 4.19. The Morgan fingerprint density at radius 3 is 2.10 bits per heavy atom. The number of anilines is 2. The molecule has 1 unspecified atom stereocenters. The van der Waals surface area contributed by atoms with Gasteiger partial charge in [-0.1, -0.05) is 24.3 Å². The van der Waals surface area contributed by atoms with Crippen molar-refractivity contribution in [2.24, 2.45) is 0 Å². The first-order chi connectivity index (χ1) is 9.85. The summed E-state index contributed by atoms with van der Waals surface area (Å²) in [6.07, 6.45) is 1.14. The molecule has 0 aromatic heterocycles. The predicted molar refractivity (Wildman–Crippen MR) is 88.1 cm³/mol. The lowest BCUT2D eigenvalue weighted by atomic mass is 10.0. The fraction of sp³-hybridized carbons (Fsp3) is 0.250. The molecule has 0 aliphatic heterocycles. The Labute approximate surface area is 126 Å². The summed E-state index contributed by atoms with van der Waals surface area (Å²) < 4.78 is 24.8. The van der Waals surface area contributed by atoms with Crippen molar-refractivity contribution in [2.75, 3.05) is 16.3 Å². The van der Waals surface area contributed by atoms with Gasteiger partial charge in [-0.2, -0.15) is 0 Å². The highest BCUT2D eigenvalue weighted by atomic mass is 32.2. The van der Waals surface area contributed by atoms with Crippen LogP contribution in [-0.2, 0) is 10.0 Å². The van der Waals surface area contributed by atoms with Crippen molar-refractivity contribution in [1.29, 1.82) is 0 Å². The van der Waals surface area contributed by atoms with E-state index in [-0.39, 0.29) is 6.04 Å². The molecule has 5 heteroatoms. The van der Waals surface area contributed by atoms with Gasteiger partial charge in [-0.15, -0.1) is 0 Å². The molecule has 1 atom stereocenters. The number of aryl methyl sites for hydroxylation is 1. The molecular formula is C16H20N2O2S. The minimum atomic E-state index is -3.23. The number of nitrogens with one attached hydrogen (secondary N) is 2. The molecule has 0 aliphatic rings. The topological polar surface area (TPSA) is 58.2 Å². The highest BCUT2D eigenvalue weighted by Gasteiger charge is 2.08. The Balaban J connectivity index is 2.08. The molecule has 2 aromatic rings. The van der Waals surface area contributed by atoms with E-state index in [0.29, 0.717) is 5.69 Å². The molecular weight excluding hydrogens is 284 g/mol. The number of hydrogen-bond acceptors (Lipinski definition) is 3. The van der Waals surface area contributed by atoms with Crippen molar-refractivity contribution in [3.63, 3.8) is 0 Å². The van der Waals surface area contributed by atoms with Crippen LogP contribution in [0.5, 0.6) is 0 Å². The van der Waals surface area contributed by atoms with E-state index in [2.05, 4.69) is 36.0 Å². The molecule has 0 saturated carbocycles. The Kier molecular flexibility index (Phi) is 4.53. The average molecular weight is 304 g/mol. The largest absolute Gasteiger partial charge is 0.379 e. The second-order valence-corrected chi connectivity index (χ2v) is 6.92. The third-order valence-corrected chi connectivity index (χ3v) is 3.83. The van der Waals surface area contributed by atoms with E-state index >= 15 is 0 Å². The second kappa shape index (κ2) is 6.18. The minimum absolute atomic E-state index is 0.180. The van der Waals surface area contributed by atoms with Gasteiger partial charge >= 0.3 is 0 Å². The zero-order valence-corrected chi connectivity index (χ0v) is 13.2. The first-order valence-corrected chi connectivity index (χ1v) is 8.64. The Morgan fingerprint density at radius 1 is 0.952 bits per heavy atom. The molecule has 0 aliphatic carbocycles. The maximum atomic E-state index is 11.2. The lowest BCUT2D eigenvalue weighted by Gasteiger charge is -2.18. The van der Waals surface area contributed by atoms with E-state index in [1.165, 1.54) is 11.1 Å². The van der Waals surface area contributed by atoms with Gasteiger partial charge in [0.05, 0.1) is 6.26 Å². The SMILES string of the molecule is Cc1ccccc1C(C)Nc1ccc(NS(C)(=O)=O)cc1. The first-order valence-electron chi connectivity index (χ1n) is 6.75. The molecule has 0 amide bonds. The molecule has 0 spiro atoms. The van der Waals surface area contributed by atoms with Crippen molar-refractivity contribution >= 4 is 21.4 Å². The molecule has 4 nitrogen and oxygen atoms in total. The summed E-state index contributed by atoms with van der Waals surface area (Å²) in [7, 11) is -3.23. The molecule has 112 valence electrons. The van der Waals surface area contributed by atoms with Gasteiger partial charge in [-0.3, -0.25) is 4.72 Å². The van der Waals surface area contributed by atoms with Gasteiger partial charge in [-0.25, -0.2) is 8.42 Å². The van der Waals surface area contributed by atoms with Crippen LogP contribution in [0.3, 0.4) is 0 Å². The maximum Gasteiger partial charge on any atom is 0.229 e. The van der Waals surface area contributed by atoms with Crippen LogP contribution in [0.25, 0.3) is 0 Å². The summed E-state index contributed by atoms with van der Waals surface area (Å²) in [5.41, 5.74) is 4.00. The van der Waals surface area contributed by atoms with Gasteiger partial charge in [-0.05, 0) is 49.2 Å². The van der Waals surface area contributed by atoms with Gasteiger partial charge in [0.15, 0.2) is 0 Å². The molecule has 2 aromatic carbocycles. The van der Waals surface area contributed by atoms with E-state index in [1.807, 2.05) is 24.3 Å². The predicted octanol–water partition coefficient (Wildman–Crippen LogP) is 3.54. The van der Waals surface area contributed by atoms with Gasteiger partial charge in [0, 0.05) is 17.4 Å². The Morgan fingerprint density at radius 2 is 1.52 bits per heavy atom. The summed E-state index contributed by atoms with van der Waals surface area (Å²) in [6, 6.07) is 15.6. The highest BCUT2D eigenvalue weighted by Crippen LogP contribution is 2.23. The number of sulfonamides is 1. The zero-order chi connectivity index (χ0) is 15.5. The molecule has 0 bridgehead atoms. The van der Waals surface area contributed by atoms with Crippen molar-refractivity contribution in [3.05, 3.63) is 59.7 Å². The van der Waals surface area contributed by atoms with Crippen LogP contribution >= 0.6 is 0 Å².